The van der Waals surface area contributed by atoms with Crippen LogP contribution in [-0.2, 0) is 6.18 Å². The van der Waals surface area contributed by atoms with Gasteiger partial charge in [-0.05, 0) is 69.0 Å². The molecule has 2 aromatic rings. The number of anilines is 1. The minimum atomic E-state index is -4.55. The van der Waals surface area contributed by atoms with Crippen molar-refractivity contribution in [2.45, 2.75) is 44.3 Å². The molecule has 0 bridgehead atoms. The second-order valence-electron chi connectivity index (χ2n) is 6.86. The standard InChI is InChI=1S/C18H20ClF3N2S/c1-10-5-6-11(7-15(10)25-24-17(2,3)4)16-13(18(20,21)22)8-12(23)9-14(16)19/h5-9,24H,23H2,1-4H3. The lowest BCUT2D eigenvalue weighted by molar-refractivity contribution is -0.137. The summed E-state index contributed by atoms with van der Waals surface area (Å²) >= 11 is 7.50. The maximum absolute atomic E-state index is 13.4. The lowest BCUT2D eigenvalue weighted by atomic mass is 9.97. The van der Waals surface area contributed by atoms with Crippen LogP contribution in [0.1, 0.15) is 31.9 Å². The third kappa shape index (κ3) is 5.06. The van der Waals surface area contributed by atoms with Crippen LogP contribution in [0.15, 0.2) is 35.2 Å². The molecule has 0 radical (unpaired) electrons. The Morgan fingerprint density at radius 1 is 1.08 bits per heavy atom. The van der Waals surface area contributed by atoms with Gasteiger partial charge in [-0.2, -0.15) is 13.2 Å². The number of hydrogen-bond acceptors (Lipinski definition) is 3. The van der Waals surface area contributed by atoms with Gasteiger partial charge in [0, 0.05) is 21.7 Å². The molecule has 3 N–H and O–H groups in total. The van der Waals surface area contributed by atoms with Gasteiger partial charge in [-0.15, -0.1) is 0 Å². The number of nitrogens with two attached hydrogens (primary N) is 1. The fraction of sp³-hybridized carbons (Fsp3) is 0.333. The molecule has 0 aromatic heterocycles. The van der Waals surface area contributed by atoms with Crippen molar-refractivity contribution in [1.82, 2.24) is 4.72 Å². The maximum atomic E-state index is 13.4. The largest absolute Gasteiger partial charge is 0.417 e. The minimum Gasteiger partial charge on any atom is -0.399 e. The summed E-state index contributed by atoms with van der Waals surface area (Å²) in [4.78, 5) is 0.841. The SMILES string of the molecule is Cc1ccc(-c2c(Cl)cc(N)cc2C(F)(F)F)cc1SNC(C)(C)C. The average molecular weight is 389 g/mol. The molecule has 2 nitrogen and oxygen atoms in total. The number of hydrogen-bond donors (Lipinski definition) is 2. The van der Waals surface area contributed by atoms with Gasteiger partial charge in [0.05, 0.1) is 10.6 Å². The molecule has 0 aliphatic rings. The Labute approximate surface area is 155 Å². The molecule has 7 heteroatoms. The highest BCUT2D eigenvalue weighted by molar-refractivity contribution is 7.97. The molecule has 0 spiro atoms. The molecule has 0 atom stereocenters. The lowest BCUT2D eigenvalue weighted by Gasteiger charge is -2.21. The highest BCUT2D eigenvalue weighted by atomic mass is 35.5. The topological polar surface area (TPSA) is 38.0 Å². The Balaban J connectivity index is 2.56. The Kier molecular flexibility index (Phi) is 5.66. The number of aryl methyl sites for hydroxylation is 1. The summed E-state index contributed by atoms with van der Waals surface area (Å²) in [7, 11) is 0. The van der Waals surface area contributed by atoms with Crippen molar-refractivity contribution in [2.75, 3.05) is 5.73 Å². The molecule has 0 amide bonds. The Morgan fingerprint density at radius 2 is 1.72 bits per heavy atom. The molecule has 0 heterocycles. The predicted octanol–water partition coefficient (Wildman–Crippen LogP) is 6.31. The molecular weight excluding hydrogens is 369 g/mol. The van der Waals surface area contributed by atoms with E-state index in [1.54, 1.807) is 18.2 Å². The zero-order chi connectivity index (χ0) is 19.0. The smallest absolute Gasteiger partial charge is 0.399 e. The second kappa shape index (κ2) is 7.09. The zero-order valence-electron chi connectivity index (χ0n) is 14.4. The normalized spacial score (nSPS) is 12.5. The first kappa shape index (κ1) is 19.9. The molecular formula is C18H20ClF3N2S. The Hall–Kier alpha value is -1.37. The fourth-order valence-electron chi connectivity index (χ4n) is 2.22. The summed E-state index contributed by atoms with van der Waals surface area (Å²) < 4.78 is 43.6. The van der Waals surface area contributed by atoms with E-state index in [1.165, 1.54) is 18.0 Å². The highest BCUT2D eigenvalue weighted by Gasteiger charge is 2.35. The number of halogens is 4. The van der Waals surface area contributed by atoms with Crippen LogP contribution in [0.5, 0.6) is 0 Å². The van der Waals surface area contributed by atoms with E-state index in [0.717, 1.165) is 16.5 Å². The van der Waals surface area contributed by atoms with Crippen molar-refractivity contribution in [3.63, 3.8) is 0 Å². The van der Waals surface area contributed by atoms with Gasteiger partial charge < -0.3 is 5.73 Å². The third-order valence-corrected chi connectivity index (χ3v) is 5.03. The van der Waals surface area contributed by atoms with Crippen LogP contribution in [0.4, 0.5) is 18.9 Å². The number of alkyl halides is 3. The minimum absolute atomic E-state index is 0.0165. The molecule has 0 aliphatic heterocycles. The molecule has 0 saturated carbocycles. The summed E-state index contributed by atoms with van der Waals surface area (Å²) in [5, 5.41) is -0.0177. The van der Waals surface area contributed by atoms with E-state index in [2.05, 4.69) is 4.72 Å². The van der Waals surface area contributed by atoms with Crippen LogP contribution in [0.2, 0.25) is 5.02 Å². The summed E-state index contributed by atoms with van der Waals surface area (Å²) in [6.07, 6.45) is -4.55. The molecule has 2 aromatic carbocycles. The van der Waals surface area contributed by atoms with Crippen LogP contribution >= 0.6 is 23.5 Å². The van der Waals surface area contributed by atoms with Gasteiger partial charge in [0.25, 0.3) is 0 Å². The van der Waals surface area contributed by atoms with Gasteiger partial charge in [-0.3, -0.25) is 4.72 Å². The van der Waals surface area contributed by atoms with E-state index in [-0.39, 0.29) is 21.8 Å². The molecule has 0 saturated heterocycles. The number of rotatable bonds is 3. The quantitative estimate of drug-likeness (QED) is 0.477. The van der Waals surface area contributed by atoms with Crippen molar-refractivity contribution in [3.8, 4) is 11.1 Å². The lowest BCUT2D eigenvalue weighted by Crippen LogP contribution is -2.29. The first-order valence-corrected chi connectivity index (χ1v) is 8.79. The van der Waals surface area contributed by atoms with Gasteiger partial charge in [-0.25, -0.2) is 0 Å². The van der Waals surface area contributed by atoms with Crippen molar-refractivity contribution >= 4 is 29.2 Å². The molecule has 0 fully saturated rings. The summed E-state index contributed by atoms with van der Waals surface area (Å²) in [6, 6.07) is 7.40. The van der Waals surface area contributed by atoms with Crippen molar-refractivity contribution in [1.29, 1.82) is 0 Å². The third-order valence-electron chi connectivity index (χ3n) is 3.36. The predicted molar refractivity (Wildman–Crippen MR) is 99.8 cm³/mol. The van der Waals surface area contributed by atoms with Crippen LogP contribution in [-0.4, -0.2) is 5.54 Å². The van der Waals surface area contributed by atoms with E-state index in [1.807, 2.05) is 27.7 Å². The number of nitrogens with one attached hydrogen (secondary N) is 1. The van der Waals surface area contributed by atoms with E-state index in [0.29, 0.717) is 5.56 Å². The van der Waals surface area contributed by atoms with E-state index >= 15 is 0 Å². The van der Waals surface area contributed by atoms with E-state index in [9.17, 15) is 13.2 Å². The van der Waals surface area contributed by atoms with Crippen molar-refractivity contribution in [2.24, 2.45) is 0 Å². The number of benzene rings is 2. The molecule has 2 rings (SSSR count). The van der Waals surface area contributed by atoms with E-state index in [4.69, 9.17) is 17.3 Å². The molecule has 25 heavy (non-hydrogen) atoms. The van der Waals surface area contributed by atoms with Crippen LogP contribution in [0, 0.1) is 6.92 Å². The maximum Gasteiger partial charge on any atom is 0.417 e. The molecule has 0 unspecified atom stereocenters. The van der Waals surface area contributed by atoms with Crippen LogP contribution in [0.25, 0.3) is 11.1 Å². The molecule has 0 aliphatic carbocycles. The van der Waals surface area contributed by atoms with Crippen molar-refractivity contribution < 1.29 is 13.2 Å². The van der Waals surface area contributed by atoms with Crippen molar-refractivity contribution in [3.05, 3.63) is 46.5 Å². The van der Waals surface area contributed by atoms with Gasteiger partial charge in [0.15, 0.2) is 0 Å². The summed E-state index contributed by atoms with van der Waals surface area (Å²) in [5.74, 6) is 0. The van der Waals surface area contributed by atoms with Crippen LogP contribution < -0.4 is 10.5 Å². The van der Waals surface area contributed by atoms with Crippen LogP contribution in [0.3, 0.4) is 0 Å². The number of nitrogen functional groups attached to an aromatic ring is 1. The first-order chi connectivity index (χ1) is 11.4. The van der Waals surface area contributed by atoms with Gasteiger partial charge in [-0.1, -0.05) is 23.7 Å². The highest BCUT2D eigenvalue weighted by Crippen LogP contribution is 2.43. The fourth-order valence-corrected chi connectivity index (χ4v) is 3.39. The average Bonchev–Trinajstić information content (AvgIpc) is 2.44. The second-order valence-corrected chi connectivity index (χ2v) is 8.11. The monoisotopic (exact) mass is 388 g/mol. The summed E-state index contributed by atoms with van der Waals surface area (Å²) in [6.45, 7) is 7.94. The Morgan fingerprint density at radius 3 is 2.28 bits per heavy atom. The first-order valence-electron chi connectivity index (χ1n) is 7.60. The van der Waals surface area contributed by atoms with E-state index < -0.39 is 11.7 Å². The molecule has 136 valence electrons. The summed E-state index contributed by atoms with van der Waals surface area (Å²) in [5.41, 5.74) is 5.88. The van der Waals surface area contributed by atoms with Gasteiger partial charge >= 0.3 is 6.18 Å². The Bertz CT molecular complexity index is 783. The van der Waals surface area contributed by atoms with Gasteiger partial charge in [0.2, 0.25) is 0 Å². The van der Waals surface area contributed by atoms with Gasteiger partial charge in [0.1, 0.15) is 0 Å². The zero-order valence-corrected chi connectivity index (χ0v) is 16.0.